The van der Waals surface area contributed by atoms with Crippen molar-refractivity contribution >= 4 is 11.4 Å². The van der Waals surface area contributed by atoms with Crippen LogP contribution < -0.4 is 11.1 Å². The Balaban J connectivity index is 2.69. The van der Waals surface area contributed by atoms with Crippen LogP contribution in [0.25, 0.3) is 0 Å². The van der Waals surface area contributed by atoms with E-state index in [1.807, 2.05) is 12.1 Å². The van der Waals surface area contributed by atoms with Crippen molar-refractivity contribution in [3.05, 3.63) is 23.8 Å². The summed E-state index contributed by atoms with van der Waals surface area (Å²) in [5, 5.41) is 3.46. The van der Waals surface area contributed by atoms with Crippen molar-refractivity contribution in [3.8, 4) is 0 Å². The van der Waals surface area contributed by atoms with Crippen LogP contribution in [0.5, 0.6) is 0 Å². The summed E-state index contributed by atoms with van der Waals surface area (Å²) in [5.74, 6) is 0. The fourth-order valence-electron chi connectivity index (χ4n) is 1.29. The molecule has 2 heteroatoms. The maximum absolute atomic E-state index is 5.76. The molecule has 0 bridgehead atoms. The average Bonchev–Trinajstić information content (AvgIpc) is 2.20. The molecule has 0 aromatic heterocycles. The van der Waals surface area contributed by atoms with E-state index < -0.39 is 0 Å². The first-order chi connectivity index (χ1) is 6.94. The zero-order valence-corrected chi connectivity index (χ0v) is 10.2. The van der Waals surface area contributed by atoms with Gasteiger partial charge in [-0.15, -0.1) is 0 Å². The lowest BCUT2D eigenvalue weighted by molar-refractivity contribution is 0.377. The Hall–Kier alpha value is -1.18. The zero-order chi connectivity index (χ0) is 11.5. The largest absolute Gasteiger partial charge is 0.399 e. The smallest absolute Gasteiger partial charge is 0.0390 e. The molecule has 84 valence electrons. The van der Waals surface area contributed by atoms with E-state index in [0.717, 1.165) is 17.9 Å². The van der Waals surface area contributed by atoms with Gasteiger partial charge in [0.2, 0.25) is 0 Å². The molecule has 3 N–H and O–H groups in total. The highest BCUT2D eigenvalue weighted by Crippen LogP contribution is 2.23. The Bertz CT molecular complexity index is 329. The van der Waals surface area contributed by atoms with Crippen LogP contribution in [-0.4, -0.2) is 6.54 Å². The number of rotatable bonds is 4. The zero-order valence-electron chi connectivity index (χ0n) is 10.2. The molecule has 0 spiro atoms. The van der Waals surface area contributed by atoms with Crippen LogP contribution in [-0.2, 0) is 0 Å². The van der Waals surface area contributed by atoms with Crippen LogP contribution in [0.4, 0.5) is 11.4 Å². The van der Waals surface area contributed by atoms with Crippen molar-refractivity contribution in [2.45, 2.75) is 34.1 Å². The molecule has 0 aliphatic carbocycles. The quantitative estimate of drug-likeness (QED) is 0.741. The fraction of sp³-hybridized carbons (Fsp3) is 0.538. The predicted octanol–water partition coefficient (Wildman–Crippen LogP) is 3.43. The average molecular weight is 206 g/mol. The number of hydrogen-bond donors (Lipinski definition) is 2. The molecule has 0 unspecified atom stereocenters. The minimum atomic E-state index is 0.330. The van der Waals surface area contributed by atoms with Gasteiger partial charge in [-0.2, -0.15) is 0 Å². The van der Waals surface area contributed by atoms with Gasteiger partial charge in [-0.05, 0) is 36.5 Å². The van der Waals surface area contributed by atoms with Gasteiger partial charge in [0.25, 0.3) is 0 Å². The van der Waals surface area contributed by atoms with Crippen LogP contribution in [0.1, 0.15) is 32.8 Å². The van der Waals surface area contributed by atoms with Gasteiger partial charge >= 0.3 is 0 Å². The van der Waals surface area contributed by atoms with E-state index in [4.69, 9.17) is 5.73 Å². The summed E-state index contributed by atoms with van der Waals surface area (Å²) in [5.41, 5.74) is 9.30. The molecule has 0 saturated carbocycles. The van der Waals surface area contributed by atoms with Gasteiger partial charge in [0.05, 0.1) is 0 Å². The second-order valence-electron chi connectivity index (χ2n) is 4.95. The lowest BCUT2D eigenvalue weighted by Gasteiger charge is -2.24. The second kappa shape index (κ2) is 4.56. The molecule has 0 radical (unpaired) electrons. The first kappa shape index (κ1) is 11.9. The van der Waals surface area contributed by atoms with Gasteiger partial charge in [-0.1, -0.05) is 26.8 Å². The summed E-state index contributed by atoms with van der Waals surface area (Å²) in [6.45, 7) is 9.83. The van der Waals surface area contributed by atoms with Crippen LogP contribution in [0, 0.1) is 12.3 Å². The summed E-state index contributed by atoms with van der Waals surface area (Å²) >= 11 is 0. The summed E-state index contributed by atoms with van der Waals surface area (Å²) in [6.07, 6.45) is 1.17. The molecular formula is C13H22N2. The number of nitrogens with one attached hydrogen (secondary N) is 1. The maximum Gasteiger partial charge on any atom is 0.0390 e. The monoisotopic (exact) mass is 206 g/mol. The lowest BCUT2D eigenvalue weighted by Crippen LogP contribution is -2.22. The number of anilines is 2. The number of nitrogens with two attached hydrogens (primary N) is 1. The van der Waals surface area contributed by atoms with E-state index in [1.165, 1.54) is 12.0 Å². The van der Waals surface area contributed by atoms with Crippen molar-refractivity contribution in [1.29, 1.82) is 0 Å². The number of nitrogen functional groups attached to an aromatic ring is 1. The Labute approximate surface area is 92.9 Å². The number of benzene rings is 1. The Morgan fingerprint density at radius 1 is 1.33 bits per heavy atom. The molecule has 0 saturated heterocycles. The van der Waals surface area contributed by atoms with Crippen molar-refractivity contribution in [3.63, 3.8) is 0 Å². The molecular weight excluding hydrogens is 184 g/mol. The molecule has 0 heterocycles. The van der Waals surface area contributed by atoms with Gasteiger partial charge in [0, 0.05) is 17.9 Å². The topological polar surface area (TPSA) is 38.0 Å². The first-order valence-electron chi connectivity index (χ1n) is 5.54. The highest BCUT2D eigenvalue weighted by molar-refractivity contribution is 5.59. The van der Waals surface area contributed by atoms with Crippen molar-refractivity contribution in [2.75, 3.05) is 17.6 Å². The van der Waals surface area contributed by atoms with Gasteiger partial charge in [0.15, 0.2) is 0 Å². The van der Waals surface area contributed by atoms with Crippen molar-refractivity contribution in [2.24, 2.45) is 5.41 Å². The van der Waals surface area contributed by atoms with Crippen LogP contribution >= 0.6 is 0 Å². The summed E-state index contributed by atoms with van der Waals surface area (Å²) in [4.78, 5) is 0. The third kappa shape index (κ3) is 3.46. The van der Waals surface area contributed by atoms with E-state index >= 15 is 0 Å². The summed E-state index contributed by atoms with van der Waals surface area (Å²) in [7, 11) is 0. The van der Waals surface area contributed by atoms with Crippen LogP contribution in [0.2, 0.25) is 0 Å². The molecule has 0 aliphatic rings. The first-order valence-corrected chi connectivity index (χ1v) is 5.54. The highest BCUT2D eigenvalue weighted by atomic mass is 14.9. The van der Waals surface area contributed by atoms with Crippen LogP contribution in [0.3, 0.4) is 0 Å². The van der Waals surface area contributed by atoms with Crippen molar-refractivity contribution < 1.29 is 0 Å². The normalized spacial score (nSPS) is 11.5. The predicted molar refractivity (Wildman–Crippen MR) is 68.2 cm³/mol. The van der Waals surface area contributed by atoms with Gasteiger partial charge < -0.3 is 11.1 Å². The van der Waals surface area contributed by atoms with E-state index in [9.17, 15) is 0 Å². The van der Waals surface area contributed by atoms with Crippen LogP contribution in [0.15, 0.2) is 18.2 Å². The molecule has 2 nitrogen and oxygen atoms in total. The Morgan fingerprint density at radius 2 is 2.00 bits per heavy atom. The van der Waals surface area contributed by atoms with Gasteiger partial charge in [0.1, 0.15) is 0 Å². The molecule has 1 aromatic rings. The Kier molecular flexibility index (Phi) is 3.61. The lowest BCUT2D eigenvalue weighted by atomic mass is 9.90. The molecule has 0 amide bonds. The second-order valence-corrected chi connectivity index (χ2v) is 4.95. The van der Waals surface area contributed by atoms with Gasteiger partial charge in [-0.25, -0.2) is 0 Å². The van der Waals surface area contributed by atoms with Gasteiger partial charge in [-0.3, -0.25) is 0 Å². The SMILES string of the molecule is CCC(C)(C)CNc1cc(N)ccc1C. The molecule has 15 heavy (non-hydrogen) atoms. The molecule has 1 rings (SSSR count). The van der Waals surface area contributed by atoms with Crippen molar-refractivity contribution in [1.82, 2.24) is 0 Å². The number of aryl methyl sites for hydroxylation is 1. The number of hydrogen-bond acceptors (Lipinski definition) is 2. The van der Waals surface area contributed by atoms with E-state index in [0.29, 0.717) is 5.41 Å². The molecule has 0 aliphatic heterocycles. The van der Waals surface area contributed by atoms with E-state index in [1.54, 1.807) is 0 Å². The summed E-state index contributed by atoms with van der Waals surface area (Å²) in [6, 6.07) is 5.99. The maximum atomic E-state index is 5.76. The molecule has 0 atom stereocenters. The summed E-state index contributed by atoms with van der Waals surface area (Å²) < 4.78 is 0. The third-order valence-corrected chi connectivity index (χ3v) is 2.98. The molecule has 0 fully saturated rings. The van der Waals surface area contributed by atoms with E-state index in [-0.39, 0.29) is 0 Å². The Morgan fingerprint density at radius 3 is 2.60 bits per heavy atom. The molecule has 1 aromatic carbocycles. The fourth-order valence-corrected chi connectivity index (χ4v) is 1.29. The third-order valence-electron chi connectivity index (χ3n) is 2.98. The standard InChI is InChI=1S/C13H22N2/c1-5-13(3,4)9-15-12-8-11(14)7-6-10(12)2/h6-8,15H,5,9,14H2,1-4H3. The minimum absolute atomic E-state index is 0.330. The van der Waals surface area contributed by atoms with E-state index in [2.05, 4.69) is 39.1 Å². The highest BCUT2D eigenvalue weighted by Gasteiger charge is 2.14. The minimum Gasteiger partial charge on any atom is -0.399 e.